The lowest BCUT2D eigenvalue weighted by atomic mass is 10.1. The van der Waals surface area contributed by atoms with Crippen LogP contribution in [0.3, 0.4) is 0 Å². The van der Waals surface area contributed by atoms with E-state index in [2.05, 4.69) is 0 Å². The number of carboxylic acid groups (broad SMARTS) is 1. The van der Waals surface area contributed by atoms with Crippen LogP contribution in [0.4, 0.5) is 0 Å². The van der Waals surface area contributed by atoms with Crippen molar-refractivity contribution in [1.29, 1.82) is 0 Å². The van der Waals surface area contributed by atoms with Crippen molar-refractivity contribution in [3.05, 3.63) is 17.7 Å². The first-order valence-corrected chi connectivity index (χ1v) is 12.9. The molecule has 2 unspecified atom stereocenters. The number of rotatable bonds is 8. The zero-order valence-electron chi connectivity index (χ0n) is 17.0. The second-order valence-corrected chi connectivity index (χ2v) is 10.5. The van der Waals surface area contributed by atoms with Gasteiger partial charge in [-0.3, -0.25) is 9.59 Å². The van der Waals surface area contributed by atoms with Gasteiger partial charge in [-0.2, -0.15) is 0 Å². The fourth-order valence-electron chi connectivity index (χ4n) is 3.98. The molecule has 0 saturated carbocycles. The van der Waals surface area contributed by atoms with E-state index in [1.807, 2.05) is 21.6 Å². The highest BCUT2D eigenvalue weighted by Gasteiger charge is 2.36. The van der Waals surface area contributed by atoms with Crippen LogP contribution in [0, 0.1) is 0 Å². The van der Waals surface area contributed by atoms with E-state index < -0.39 is 23.9 Å². The Bertz CT molecular complexity index is 856. The summed E-state index contributed by atoms with van der Waals surface area (Å²) in [6.45, 7) is 0.356. The molecule has 2 saturated heterocycles. The van der Waals surface area contributed by atoms with Crippen LogP contribution in [0.15, 0.2) is 12.1 Å². The average Bonchev–Trinajstić information content (AvgIpc) is 3.51. The van der Waals surface area contributed by atoms with Crippen LogP contribution in [-0.4, -0.2) is 58.2 Å². The van der Waals surface area contributed by atoms with Crippen LogP contribution in [0.2, 0.25) is 0 Å². The molecule has 3 aliphatic heterocycles. The molecular formula is C21H25NO7S2. The lowest BCUT2D eigenvalue weighted by molar-refractivity contribution is -0.141. The summed E-state index contributed by atoms with van der Waals surface area (Å²) in [6.07, 6.45) is 5.25. The minimum atomic E-state index is -1.04. The van der Waals surface area contributed by atoms with Gasteiger partial charge in [0.25, 0.3) is 5.91 Å². The third-order valence-corrected chi connectivity index (χ3v) is 8.62. The molecule has 1 aromatic carbocycles. The van der Waals surface area contributed by atoms with Crippen molar-refractivity contribution in [3.63, 3.8) is 0 Å². The van der Waals surface area contributed by atoms with E-state index in [-0.39, 0.29) is 24.5 Å². The molecule has 31 heavy (non-hydrogen) atoms. The number of hydrogen-bond donors (Lipinski definition) is 1. The average molecular weight is 468 g/mol. The molecule has 2 fully saturated rings. The van der Waals surface area contributed by atoms with Gasteiger partial charge >= 0.3 is 11.9 Å². The Balaban J connectivity index is 1.43. The van der Waals surface area contributed by atoms with Crippen molar-refractivity contribution < 1.29 is 33.7 Å². The van der Waals surface area contributed by atoms with Gasteiger partial charge in [-0.1, -0.05) is 28.0 Å². The van der Waals surface area contributed by atoms with Crippen molar-refractivity contribution >= 4 is 39.4 Å². The van der Waals surface area contributed by atoms with Gasteiger partial charge in [-0.15, -0.1) is 0 Å². The first kappa shape index (κ1) is 22.1. The smallest absolute Gasteiger partial charge is 0.326 e. The van der Waals surface area contributed by atoms with E-state index >= 15 is 0 Å². The van der Waals surface area contributed by atoms with Crippen LogP contribution in [-0.2, 0) is 9.59 Å². The Morgan fingerprint density at radius 3 is 2.71 bits per heavy atom. The number of unbranched alkanes of at least 4 members (excludes halogenated alkanes) is 1. The molecule has 168 valence electrons. The lowest BCUT2D eigenvalue weighted by Crippen LogP contribution is -2.40. The highest BCUT2D eigenvalue weighted by atomic mass is 33.1. The SMILES string of the molecule is O=C(CCCCC1CCSS1)Oc1cc2c(cc1C(=O)N1CCCC1C(=O)O)OCO2. The molecule has 1 N–H and O–H groups in total. The van der Waals surface area contributed by atoms with Gasteiger partial charge < -0.3 is 24.2 Å². The van der Waals surface area contributed by atoms with Crippen LogP contribution in [0.5, 0.6) is 17.2 Å². The van der Waals surface area contributed by atoms with E-state index in [1.165, 1.54) is 29.2 Å². The van der Waals surface area contributed by atoms with Crippen molar-refractivity contribution in [1.82, 2.24) is 4.90 Å². The van der Waals surface area contributed by atoms with E-state index in [1.54, 1.807) is 0 Å². The second-order valence-electron chi connectivity index (χ2n) is 7.75. The number of fused-ring (bicyclic) bond motifs is 1. The second kappa shape index (κ2) is 10.0. The predicted molar refractivity (Wildman–Crippen MR) is 117 cm³/mol. The summed E-state index contributed by atoms with van der Waals surface area (Å²) in [5.74, 6) is 0.103. The van der Waals surface area contributed by atoms with Crippen LogP contribution >= 0.6 is 21.6 Å². The molecule has 10 heteroatoms. The molecule has 2 atom stereocenters. The Morgan fingerprint density at radius 2 is 1.97 bits per heavy atom. The number of likely N-dealkylation sites (tertiary alicyclic amines) is 1. The molecule has 3 heterocycles. The topological polar surface area (TPSA) is 102 Å². The van der Waals surface area contributed by atoms with Crippen molar-refractivity contribution in [2.75, 3.05) is 19.1 Å². The first-order valence-electron chi connectivity index (χ1n) is 10.5. The van der Waals surface area contributed by atoms with Gasteiger partial charge in [0, 0.05) is 36.1 Å². The molecular weight excluding hydrogens is 442 g/mol. The maximum Gasteiger partial charge on any atom is 0.326 e. The minimum absolute atomic E-state index is 0.0132. The van der Waals surface area contributed by atoms with Crippen molar-refractivity contribution in [2.45, 2.75) is 56.2 Å². The molecule has 1 aromatic rings. The van der Waals surface area contributed by atoms with E-state index in [4.69, 9.17) is 14.2 Å². The monoisotopic (exact) mass is 467 g/mol. The molecule has 0 aromatic heterocycles. The van der Waals surface area contributed by atoms with Gasteiger partial charge in [-0.25, -0.2) is 4.79 Å². The zero-order valence-corrected chi connectivity index (χ0v) is 18.7. The number of hydrogen-bond acceptors (Lipinski definition) is 8. The summed E-state index contributed by atoms with van der Waals surface area (Å²) < 4.78 is 16.3. The fourth-order valence-corrected chi connectivity index (χ4v) is 7.00. The van der Waals surface area contributed by atoms with E-state index in [0.717, 1.165) is 19.3 Å². The van der Waals surface area contributed by atoms with Crippen molar-refractivity contribution in [2.24, 2.45) is 0 Å². The fraction of sp³-hybridized carbons (Fsp3) is 0.571. The van der Waals surface area contributed by atoms with Gasteiger partial charge in [-0.05, 0) is 32.1 Å². The largest absolute Gasteiger partial charge is 0.480 e. The minimum Gasteiger partial charge on any atom is -0.480 e. The summed E-state index contributed by atoms with van der Waals surface area (Å²) in [5.41, 5.74) is 0.116. The molecule has 0 bridgehead atoms. The van der Waals surface area contributed by atoms with Crippen molar-refractivity contribution in [3.8, 4) is 17.2 Å². The van der Waals surface area contributed by atoms with E-state index in [0.29, 0.717) is 36.1 Å². The van der Waals surface area contributed by atoms with E-state index in [9.17, 15) is 19.5 Å². The standard InChI is InChI=1S/C21H25NO7S2/c23-19(6-2-1-4-13-7-9-30-31-13)29-16-11-18-17(27-12-28-18)10-14(16)20(24)22-8-3-5-15(22)21(25)26/h10-11,13,15H,1-9,12H2,(H,25,26). The zero-order chi connectivity index (χ0) is 21.8. The van der Waals surface area contributed by atoms with Crippen LogP contribution in [0.25, 0.3) is 0 Å². The number of nitrogens with zero attached hydrogens (tertiary/aromatic N) is 1. The third-order valence-electron chi connectivity index (χ3n) is 5.61. The quantitative estimate of drug-likeness (QED) is 0.265. The normalized spacial score (nSPS) is 22.0. The van der Waals surface area contributed by atoms with Crippen LogP contribution in [0.1, 0.15) is 55.3 Å². The Morgan fingerprint density at radius 1 is 1.16 bits per heavy atom. The van der Waals surface area contributed by atoms with Gasteiger partial charge in [0.2, 0.25) is 6.79 Å². The maximum absolute atomic E-state index is 13.1. The Kier molecular flexibility index (Phi) is 7.16. The first-order chi connectivity index (χ1) is 15.0. The number of amides is 1. The van der Waals surface area contributed by atoms with Crippen LogP contribution < -0.4 is 14.2 Å². The number of esters is 1. The number of benzene rings is 1. The number of carbonyl (C=O) groups excluding carboxylic acids is 2. The molecule has 4 rings (SSSR count). The van der Waals surface area contributed by atoms with Gasteiger partial charge in [0.05, 0.1) is 5.56 Å². The highest BCUT2D eigenvalue weighted by Crippen LogP contribution is 2.41. The lowest BCUT2D eigenvalue weighted by Gasteiger charge is -2.22. The maximum atomic E-state index is 13.1. The Labute approximate surface area is 188 Å². The molecule has 8 nitrogen and oxygen atoms in total. The molecule has 3 aliphatic rings. The molecule has 1 amide bonds. The Hall–Kier alpha value is -2.07. The summed E-state index contributed by atoms with van der Waals surface area (Å²) in [6, 6.07) is 2.07. The molecule has 0 radical (unpaired) electrons. The number of carbonyl (C=O) groups is 3. The molecule has 0 aliphatic carbocycles. The summed E-state index contributed by atoms with van der Waals surface area (Å²) in [5, 5.41) is 10.1. The summed E-state index contributed by atoms with van der Waals surface area (Å²) in [7, 11) is 3.83. The number of carboxylic acids is 1. The summed E-state index contributed by atoms with van der Waals surface area (Å²) in [4.78, 5) is 38.4. The van der Waals surface area contributed by atoms with Gasteiger partial charge in [0.1, 0.15) is 11.8 Å². The predicted octanol–water partition coefficient (Wildman–Crippen LogP) is 3.72. The number of aliphatic carboxylic acids is 1. The third kappa shape index (κ3) is 5.23. The van der Waals surface area contributed by atoms with Gasteiger partial charge in [0.15, 0.2) is 11.5 Å². The number of ether oxygens (including phenoxy) is 3. The highest BCUT2D eigenvalue weighted by molar-refractivity contribution is 8.77. The molecule has 0 spiro atoms. The summed E-state index contributed by atoms with van der Waals surface area (Å²) >= 11 is 0.